The number of aromatic amines is 1. The highest BCUT2D eigenvalue weighted by molar-refractivity contribution is 5.74. The van der Waals surface area contributed by atoms with Gasteiger partial charge in [0.1, 0.15) is 0 Å². The third-order valence-electron chi connectivity index (χ3n) is 1.91. The lowest BCUT2D eigenvalue weighted by Crippen LogP contribution is -2.22. The molecule has 0 aliphatic rings. The van der Waals surface area contributed by atoms with Gasteiger partial charge >= 0.3 is 0 Å². The molecule has 0 saturated carbocycles. The fourth-order valence-corrected chi connectivity index (χ4v) is 1.18. The van der Waals surface area contributed by atoms with E-state index in [9.17, 15) is 0 Å². The van der Waals surface area contributed by atoms with Crippen molar-refractivity contribution in [2.75, 3.05) is 0 Å². The average Bonchev–Trinajstić information content (AvgIpc) is 2.37. The summed E-state index contributed by atoms with van der Waals surface area (Å²) in [4.78, 5) is 3.08. The van der Waals surface area contributed by atoms with Crippen LogP contribution in [-0.2, 0) is 5.54 Å². The van der Waals surface area contributed by atoms with Crippen LogP contribution in [0.15, 0.2) is 18.5 Å². The molecular weight excluding hydrogens is 150 g/mol. The van der Waals surface area contributed by atoms with Gasteiger partial charge in [0.2, 0.25) is 0 Å². The maximum atomic E-state index is 4.41. The molecule has 0 fully saturated rings. The number of aromatic nitrogens is 3. The van der Waals surface area contributed by atoms with Gasteiger partial charge in [-0.15, -0.1) is 0 Å². The number of nitrogens with zero attached hydrogens (tertiary/aromatic N) is 2. The first-order valence-corrected chi connectivity index (χ1v) is 4.10. The number of hydrogen-bond acceptors (Lipinski definition) is 1. The molecule has 0 amide bonds. The number of nitrogens with one attached hydrogen (secondary N) is 1. The van der Waals surface area contributed by atoms with E-state index >= 15 is 0 Å². The van der Waals surface area contributed by atoms with Crippen LogP contribution in [0.5, 0.6) is 0 Å². The number of fused-ring (bicyclic) bond motifs is 1. The van der Waals surface area contributed by atoms with Crippen LogP contribution in [0.2, 0.25) is 0 Å². The molecule has 0 aliphatic carbocycles. The van der Waals surface area contributed by atoms with Crippen molar-refractivity contribution in [3.8, 4) is 0 Å². The lowest BCUT2D eigenvalue weighted by Gasteiger charge is -2.18. The van der Waals surface area contributed by atoms with Crippen molar-refractivity contribution in [2.45, 2.75) is 26.3 Å². The van der Waals surface area contributed by atoms with E-state index in [-0.39, 0.29) is 5.54 Å². The number of H-pyrrole nitrogens is 1. The molecule has 2 heterocycles. The Balaban J connectivity index is 2.59. The molecule has 0 atom stereocenters. The molecule has 3 heteroatoms. The van der Waals surface area contributed by atoms with Gasteiger partial charge in [0, 0.05) is 17.8 Å². The van der Waals surface area contributed by atoms with Crippen LogP contribution in [0.4, 0.5) is 0 Å². The van der Waals surface area contributed by atoms with Crippen molar-refractivity contribution in [1.82, 2.24) is 14.8 Å². The van der Waals surface area contributed by atoms with Gasteiger partial charge in [0.15, 0.2) is 5.65 Å². The summed E-state index contributed by atoms with van der Waals surface area (Å²) in [6, 6.07) is 2.03. The van der Waals surface area contributed by atoms with Gasteiger partial charge in [-0.2, -0.15) is 5.10 Å². The van der Waals surface area contributed by atoms with Crippen LogP contribution < -0.4 is 0 Å². The molecule has 0 radical (unpaired) electrons. The van der Waals surface area contributed by atoms with E-state index in [0.717, 1.165) is 5.65 Å². The Labute approximate surface area is 71.4 Å². The predicted octanol–water partition coefficient (Wildman–Crippen LogP) is 2.12. The molecule has 0 unspecified atom stereocenters. The minimum atomic E-state index is 0.0693. The third-order valence-corrected chi connectivity index (χ3v) is 1.91. The van der Waals surface area contributed by atoms with Gasteiger partial charge in [0.05, 0.1) is 5.54 Å². The van der Waals surface area contributed by atoms with Crippen LogP contribution in [0.25, 0.3) is 11.0 Å². The van der Waals surface area contributed by atoms with Crippen molar-refractivity contribution in [2.24, 2.45) is 0 Å². The monoisotopic (exact) mass is 163 g/mol. The van der Waals surface area contributed by atoms with E-state index in [4.69, 9.17) is 0 Å². The van der Waals surface area contributed by atoms with E-state index in [1.807, 2.05) is 16.9 Å². The fraction of sp³-hybridized carbons (Fsp3) is 0.444. The minimum absolute atomic E-state index is 0.0693. The first-order chi connectivity index (χ1) is 5.57. The topological polar surface area (TPSA) is 33.6 Å². The Morgan fingerprint density at radius 2 is 2.17 bits per heavy atom. The molecule has 12 heavy (non-hydrogen) atoms. The predicted molar refractivity (Wildman–Crippen MR) is 49.1 cm³/mol. The summed E-state index contributed by atoms with van der Waals surface area (Å²) in [7, 11) is 0. The van der Waals surface area contributed by atoms with Crippen LogP contribution in [-0.4, -0.2) is 14.8 Å². The van der Waals surface area contributed by atoms with Gasteiger partial charge in [-0.05, 0) is 26.8 Å². The maximum absolute atomic E-state index is 4.41. The second-order valence-corrected chi connectivity index (χ2v) is 4.03. The molecule has 0 aliphatic heterocycles. The molecule has 64 valence electrons. The summed E-state index contributed by atoms with van der Waals surface area (Å²) >= 11 is 0. The van der Waals surface area contributed by atoms with Crippen LogP contribution in [0, 0.1) is 0 Å². The van der Waals surface area contributed by atoms with E-state index in [2.05, 4.69) is 37.1 Å². The highest BCUT2D eigenvalue weighted by Crippen LogP contribution is 2.17. The maximum Gasteiger partial charge on any atom is 0.159 e. The quantitative estimate of drug-likeness (QED) is 0.634. The second-order valence-electron chi connectivity index (χ2n) is 4.03. The molecule has 2 aromatic rings. The van der Waals surface area contributed by atoms with E-state index in [1.54, 1.807) is 0 Å². The number of hydrogen-bond donors (Lipinski definition) is 1. The molecule has 3 nitrogen and oxygen atoms in total. The molecule has 0 saturated heterocycles. The summed E-state index contributed by atoms with van der Waals surface area (Å²) < 4.78 is 1.98. The Morgan fingerprint density at radius 1 is 1.42 bits per heavy atom. The zero-order valence-corrected chi connectivity index (χ0v) is 7.63. The summed E-state index contributed by atoms with van der Waals surface area (Å²) in [6.07, 6.45) is 3.97. The molecule has 2 rings (SSSR count). The summed E-state index contributed by atoms with van der Waals surface area (Å²) in [5.74, 6) is 0. The van der Waals surface area contributed by atoms with Gasteiger partial charge in [-0.3, -0.25) is 4.68 Å². The fourth-order valence-electron chi connectivity index (χ4n) is 1.18. The standard InChI is InChI=1S/C9H13N3/c1-9(2,3)12-6-7-4-5-10-8(7)11-12/h4-6H,1-3H3,(H,10,11). The van der Waals surface area contributed by atoms with Gasteiger partial charge in [-0.1, -0.05) is 0 Å². The van der Waals surface area contributed by atoms with Crippen LogP contribution >= 0.6 is 0 Å². The first kappa shape index (κ1) is 7.40. The Bertz CT molecular complexity index is 360. The van der Waals surface area contributed by atoms with Gasteiger partial charge < -0.3 is 4.98 Å². The van der Waals surface area contributed by atoms with E-state index in [0.29, 0.717) is 0 Å². The van der Waals surface area contributed by atoms with E-state index < -0.39 is 0 Å². The van der Waals surface area contributed by atoms with Crippen molar-refractivity contribution in [1.29, 1.82) is 0 Å². The molecule has 0 spiro atoms. The SMILES string of the molecule is CC(C)(C)n1cc2cc[nH]c2n1. The lowest BCUT2D eigenvalue weighted by atomic mass is 10.1. The normalized spacial score (nSPS) is 12.6. The zero-order chi connectivity index (χ0) is 8.77. The van der Waals surface area contributed by atoms with Crippen LogP contribution in [0.1, 0.15) is 20.8 Å². The molecular formula is C9H13N3. The second kappa shape index (κ2) is 2.12. The van der Waals surface area contributed by atoms with Gasteiger partial charge in [0.25, 0.3) is 0 Å². The minimum Gasteiger partial charge on any atom is -0.345 e. The molecule has 0 bridgehead atoms. The van der Waals surface area contributed by atoms with Gasteiger partial charge in [-0.25, -0.2) is 0 Å². The molecule has 2 aromatic heterocycles. The smallest absolute Gasteiger partial charge is 0.159 e. The first-order valence-electron chi connectivity index (χ1n) is 4.10. The lowest BCUT2D eigenvalue weighted by molar-refractivity contribution is 0.358. The summed E-state index contributed by atoms with van der Waals surface area (Å²) in [5.41, 5.74) is 1.03. The Kier molecular flexibility index (Phi) is 1.31. The summed E-state index contributed by atoms with van der Waals surface area (Å²) in [5, 5.41) is 5.58. The number of rotatable bonds is 0. The Morgan fingerprint density at radius 3 is 2.75 bits per heavy atom. The average molecular weight is 163 g/mol. The van der Waals surface area contributed by atoms with Crippen molar-refractivity contribution in [3.05, 3.63) is 18.5 Å². The Hall–Kier alpha value is -1.25. The zero-order valence-electron chi connectivity index (χ0n) is 7.63. The molecule has 0 aromatic carbocycles. The summed E-state index contributed by atoms with van der Waals surface area (Å²) in [6.45, 7) is 6.41. The van der Waals surface area contributed by atoms with Crippen molar-refractivity contribution >= 4 is 11.0 Å². The highest BCUT2D eigenvalue weighted by Gasteiger charge is 2.14. The molecule has 1 N–H and O–H groups in total. The largest absolute Gasteiger partial charge is 0.345 e. The van der Waals surface area contributed by atoms with Crippen molar-refractivity contribution in [3.63, 3.8) is 0 Å². The van der Waals surface area contributed by atoms with E-state index in [1.165, 1.54) is 5.39 Å². The third kappa shape index (κ3) is 1.02. The van der Waals surface area contributed by atoms with Crippen molar-refractivity contribution < 1.29 is 0 Å². The van der Waals surface area contributed by atoms with Crippen LogP contribution in [0.3, 0.4) is 0 Å². The highest BCUT2D eigenvalue weighted by atomic mass is 15.3.